The van der Waals surface area contributed by atoms with Gasteiger partial charge in [-0.3, -0.25) is 0 Å². The molecular formula is C10H18N2O2. The molecule has 0 aliphatic carbocycles. The van der Waals surface area contributed by atoms with E-state index in [-0.39, 0.29) is 12.8 Å². The fraction of sp³-hybridized carbons (Fsp3) is 0.800. The highest BCUT2D eigenvalue weighted by Crippen LogP contribution is 1.92. The molecule has 4 nitrogen and oxygen atoms in total. The van der Waals surface area contributed by atoms with Crippen LogP contribution in [-0.2, 0) is 0 Å². The molecule has 0 aromatic heterocycles. The maximum Gasteiger partial charge on any atom is 0.0667 e. The van der Waals surface area contributed by atoms with E-state index in [0.717, 1.165) is 0 Å². The maximum atomic E-state index is 8.64. The largest absolute Gasteiger partial charge is 0.392 e. The van der Waals surface area contributed by atoms with Crippen LogP contribution in [0.4, 0.5) is 0 Å². The molecule has 0 amide bonds. The number of aliphatic hydroxyl groups is 2. The Balaban J connectivity index is 0. The molecule has 0 saturated carbocycles. The minimum atomic E-state index is -0.412. The van der Waals surface area contributed by atoms with Crippen molar-refractivity contribution in [2.24, 2.45) is 0 Å². The number of hydrogen-bond acceptors (Lipinski definition) is 4. The van der Waals surface area contributed by atoms with Gasteiger partial charge in [0.15, 0.2) is 0 Å². The van der Waals surface area contributed by atoms with Crippen LogP contribution >= 0.6 is 0 Å². The molecule has 0 spiro atoms. The van der Waals surface area contributed by atoms with E-state index in [4.69, 9.17) is 20.7 Å². The first kappa shape index (κ1) is 15.4. The lowest BCUT2D eigenvalue weighted by Gasteiger charge is -1.96. The van der Waals surface area contributed by atoms with E-state index in [1.807, 2.05) is 26.0 Å². The summed E-state index contributed by atoms with van der Waals surface area (Å²) in [5.41, 5.74) is 0. The first-order valence-corrected chi connectivity index (χ1v) is 4.72. The van der Waals surface area contributed by atoms with Crippen molar-refractivity contribution in [2.75, 3.05) is 0 Å². The van der Waals surface area contributed by atoms with E-state index in [1.54, 1.807) is 0 Å². The molecule has 14 heavy (non-hydrogen) atoms. The van der Waals surface area contributed by atoms with Crippen molar-refractivity contribution in [3.8, 4) is 12.1 Å². The molecule has 2 unspecified atom stereocenters. The molecule has 0 radical (unpaired) electrons. The molecular weight excluding hydrogens is 180 g/mol. The van der Waals surface area contributed by atoms with Crippen molar-refractivity contribution in [3.05, 3.63) is 0 Å². The minimum Gasteiger partial charge on any atom is -0.392 e. The van der Waals surface area contributed by atoms with Gasteiger partial charge in [0.05, 0.1) is 37.2 Å². The summed E-state index contributed by atoms with van der Waals surface area (Å²) in [5.74, 6) is 0. The Hall–Kier alpha value is -1.10. The lowest BCUT2D eigenvalue weighted by Crippen LogP contribution is -2.00. The fourth-order valence-corrected chi connectivity index (χ4v) is 0.499. The van der Waals surface area contributed by atoms with Gasteiger partial charge in [0, 0.05) is 0 Å². The highest BCUT2D eigenvalue weighted by atomic mass is 16.3. The van der Waals surface area contributed by atoms with E-state index in [1.165, 1.54) is 0 Å². The van der Waals surface area contributed by atoms with E-state index in [2.05, 4.69) is 0 Å². The average molecular weight is 198 g/mol. The summed E-state index contributed by atoms with van der Waals surface area (Å²) < 4.78 is 0. The number of nitrogens with zero attached hydrogens (tertiary/aromatic N) is 2. The summed E-state index contributed by atoms with van der Waals surface area (Å²) in [6.07, 6.45) is 1.05. The van der Waals surface area contributed by atoms with Crippen LogP contribution in [0.5, 0.6) is 0 Å². The monoisotopic (exact) mass is 198 g/mol. The van der Waals surface area contributed by atoms with Crippen molar-refractivity contribution < 1.29 is 10.2 Å². The molecule has 2 N–H and O–H groups in total. The van der Waals surface area contributed by atoms with Gasteiger partial charge in [0.1, 0.15) is 0 Å². The Morgan fingerprint density at radius 3 is 1.29 bits per heavy atom. The van der Waals surface area contributed by atoms with Gasteiger partial charge >= 0.3 is 0 Å². The lowest BCUT2D eigenvalue weighted by molar-refractivity contribution is 0.175. The average Bonchev–Trinajstić information content (AvgIpc) is 2.19. The Kier molecular flexibility index (Phi) is 13.1. The van der Waals surface area contributed by atoms with Crippen LogP contribution in [0.2, 0.25) is 0 Å². The SMILES string of the molecule is CCC(O)CC#N.CCC(O)CC#N. The quantitative estimate of drug-likeness (QED) is 0.713. The summed E-state index contributed by atoms with van der Waals surface area (Å²) in [6, 6.07) is 3.74. The summed E-state index contributed by atoms with van der Waals surface area (Å²) in [4.78, 5) is 0. The second kappa shape index (κ2) is 11.9. The second-order valence-corrected chi connectivity index (χ2v) is 2.85. The molecule has 2 atom stereocenters. The third kappa shape index (κ3) is 13.5. The van der Waals surface area contributed by atoms with Gasteiger partial charge in [-0.15, -0.1) is 0 Å². The molecule has 4 heteroatoms. The Labute approximate surface area is 85.4 Å². The predicted octanol–water partition coefficient (Wildman–Crippen LogP) is 1.34. The first-order chi connectivity index (χ1) is 6.62. The second-order valence-electron chi connectivity index (χ2n) is 2.85. The van der Waals surface area contributed by atoms with Crippen molar-refractivity contribution in [1.82, 2.24) is 0 Å². The lowest BCUT2D eigenvalue weighted by atomic mass is 10.2. The van der Waals surface area contributed by atoms with Crippen LogP contribution < -0.4 is 0 Å². The zero-order valence-electron chi connectivity index (χ0n) is 8.77. The van der Waals surface area contributed by atoms with E-state index in [0.29, 0.717) is 12.8 Å². The molecule has 80 valence electrons. The van der Waals surface area contributed by atoms with Crippen molar-refractivity contribution in [2.45, 2.75) is 51.7 Å². The zero-order valence-corrected chi connectivity index (χ0v) is 8.77. The van der Waals surface area contributed by atoms with Gasteiger partial charge in [0.2, 0.25) is 0 Å². The smallest absolute Gasteiger partial charge is 0.0667 e. The molecule has 0 aliphatic heterocycles. The van der Waals surface area contributed by atoms with Crippen LogP contribution in [0, 0.1) is 22.7 Å². The molecule has 0 bridgehead atoms. The molecule has 0 saturated heterocycles. The van der Waals surface area contributed by atoms with Crippen LogP contribution in [0.1, 0.15) is 39.5 Å². The van der Waals surface area contributed by atoms with E-state index in [9.17, 15) is 0 Å². The number of aliphatic hydroxyl groups excluding tert-OH is 2. The Morgan fingerprint density at radius 1 is 0.929 bits per heavy atom. The van der Waals surface area contributed by atoms with Crippen LogP contribution in [0.3, 0.4) is 0 Å². The van der Waals surface area contributed by atoms with Crippen LogP contribution in [-0.4, -0.2) is 22.4 Å². The maximum absolute atomic E-state index is 8.64. The standard InChI is InChI=1S/2C5H9NO/c2*1-2-5(7)3-4-6/h2*5,7H,2-3H2,1H3. The van der Waals surface area contributed by atoms with Crippen molar-refractivity contribution in [3.63, 3.8) is 0 Å². The van der Waals surface area contributed by atoms with Gasteiger partial charge in [-0.2, -0.15) is 10.5 Å². The van der Waals surface area contributed by atoms with Crippen LogP contribution in [0.15, 0.2) is 0 Å². The van der Waals surface area contributed by atoms with E-state index < -0.39 is 12.2 Å². The fourth-order valence-electron chi connectivity index (χ4n) is 0.499. The van der Waals surface area contributed by atoms with Gasteiger partial charge in [-0.25, -0.2) is 0 Å². The van der Waals surface area contributed by atoms with Crippen molar-refractivity contribution in [1.29, 1.82) is 10.5 Å². The van der Waals surface area contributed by atoms with Crippen molar-refractivity contribution >= 4 is 0 Å². The summed E-state index contributed by atoms with van der Waals surface area (Å²) >= 11 is 0. The summed E-state index contributed by atoms with van der Waals surface area (Å²) in [6.45, 7) is 3.70. The predicted molar refractivity (Wildman–Crippen MR) is 53.1 cm³/mol. The topological polar surface area (TPSA) is 88.0 Å². The zero-order chi connectivity index (χ0) is 11.4. The number of nitriles is 2. The first-order valence-electron chi connectivity index (χ1n) is 4.72. The highest BCUT2D eigenvalue weighted by Gasteiger charge is 1.95. The van der Waals surface area contributed by atoms with Gasteiger partial charge < -0.3 is 10.2 Å². The highest BCUT2D eigenvalue weighted by molar-refractivity contribution is 4.73. The van der Waals surface area contributed by atoms with Gasteiger partial charge in [0.25, 0.3) is 0 Å². The minimum absolute atomic E-state index is 0.260. The molecule has 0 aliphatic rings. The molecule has 0 heterocycles. The van der Waals surface area contributed by atoms with E-state index >= 15 is 0 Å². The van der Waals surface area contributed by atoms with Gasteiger partial charge in [-0.1, -0.05) is 13.8 Å². The van der Waals surface area contributed by atoms with Gasteiger partial charge in [-0.05, 0) is 12.8 Å². The Bertz CT molecular complexity index is 171. The van der Waals surface area contributed by atoms with Crippen LogP contribution in [0.25, 0.3) is 0 Å². The third-order valence-electron chi connectivity index (χ3n) is 1.60. The molecule has 0 rings (SSSR count). The number of hydrogen-bond donors (Lipinski definition) is 2. The Morgan fingerprint density at radius 2 is 1.21 bits per heavy atom. The normalized spacial score (nSPS) is 12.7. The summed E-state index contributed by atoms with van der Waals surface area (Å²) in [5, 5.41) is 33.2. The number of rotatable bonds is 4. The molecule has 0 aromatic carbocycles. The molecule has 0 aromatic rings. The summed E-state index contributed by atoms with van der Waals surface area (Å²) in [7, 11) is 0. The third-order valence-corrected chi connectivity index (χ3v) is 1.60. The molecule has 0 fully saturated rings.